The van der Waals surface area contributed by atoms with Crippen molar-refractivity contribution < 1.29 is 0 Å². The molecule has 0 radical (unpaired) electrons. The van der Waals surface area contributed by atoms with Crippen molar-refractivity contribution in [2.24, 2.45) is 10.7 Å². The van der Waals surface area contributed by atoms with Gasteiger partial charge in [0.05, 0.1) is 6.54 Å². The average Bonchev–Trinajstić information content (AvgIpc) is 2.38. The number of nitrogens with zero attached hydrogens (tertiary/aromatic N) is 1. The lowest BCUT2D eigenvalue weighted by Gasteiger charge is -2.19. The number of benzene rings is 1. The molecule has 0 spiro atoms. The zero-order chi connectivity index (χ0) is 13.4. The molecule has 0 unspecified atom stereocenters. The highest BCUT2D eigenvalue weighted by atomic mass is 32.2. The molecule has 4 heteroatoms. The molecule has 0 aliphatic rings. The van der Waals surface area contributed by atoms with Crippen molar-refractivity contribution in [1.82, 2.24) is 5.32 Å². The van der Waals surface area contributed by atoms with Crippen LogP contribution in [0.25, 0.3) is 0 Å². The Morgan fingerprint density at radius 1 is 1.33 bits per heavy atom. The molecule has 0 fully saturated rings. The normalized spacial score (nSPS) is 12.5. The zero-order valence-corrected chi connectivity index (χ0v) is 12.3. The molecule has 0 bridgehead atoms. The third-order valence-electron chi connectivity index (χ3n) is 2.75. The fourth-order valence-electron chi connectivity index (χ4n) is 1.38. The largest absolute Gasteiger partial charge is 0.370 e. The van der Waals surface area contributed by atoms with E-state index in [1.54, 1.807) is 11.8 Å². The lowest BCUT2D eigenvalue weighted by atomic mass is 10.1. The van der Waals surface area contributed by atoms with Gasteiger partial charge in [-0.25, -0.2) is 0 Å². The van der Waals surface area contributed by atoms with E-state index in [-0.39, 0.29) is 4.75 Å². The first-order chi connectivity index (χ1) is 8.53. The summed E-state index contributed by atoms with van der Waals surface area (Å²) in [6, 6.07) is 10.4. The smallest absolute Gasteiger partial charge is 0.188 e. The topological polar surface area (TPSA) is 50.4 Å². The van der Waals surface area contributed by atoms with E-state index in [2.05, 4.69) is 42.5 Å². The Hall–Kier alpha value is -1.16. The second-order valence-electron chi connectivity index (χ2n) is 4.83. The number of nitrogens with two attached hydrogens (primary N) is 1. The Morgan fingerprint density at radius 2 is 2.00 bits per heavy atom. The number of hydrogen-bond acceptors (Lipinski definition) is 2. The Kier molecular flexibility index (Phi) is 6.05. The van der Waals surface area contributed by atoms with E-state index in [4.69, 9.17) is 5.73 Å². The lowest BCUT2D eigenvalue weighted by molar-refractivity contribution is 0.719. The fraction of sp³-hybridized carbons (Fsp3) is 0.500. The van der Waals surface area contributed by atoms with Gasteiger partial charge in [0.2, 0.25) is 0 Å². The van der Waals surface area contributed by atoms with Crippen LogP contribution in [-0.4, -0.2) is 30.1 Å². The van der Waals surface area contributed by atoms with E-state index < -0.39 is 0 Å². The minimum Gasteiger partial charge on any atom is -0.370 e. The molecule has 0 saturated heterocycles. The summed E-state index contributed by atoms with van der Waals surface area (Å²) in [6.45, 7) is 5.88. The van der Waals surface area contributed by atoms with Crippen LogP contribution in [0.4, 0.5) is 0 Å². The number of aliphatic imine (C=N–C) groups is 1. The zero-order valence-electron chi connectivity index (χ0n) is 11.4. The molecular formula is C14H23N3S. The highest BCUT2D eigenvalue weighted by Crippen LogP contribution is 2.20. The Morgan fingerprint density at radius 3 is 2.61 bits per heavy atom. The van der Waals surface area contributed by atoms with E-state index in [1.165, 1.54) is 5.56 Å². The summed E-state index contributed by atoms with van der Waals surface area (Å²) in [6.07, 6.45) is 3.05. The van der Waals surface area contributed by atoms with Crippen LogP contribution < -0.4 is 11.1 Å². The molecule has 100 valence electrons. The van der Waals surface area contributed by atoms with Crippen molar-refractivity contribution in [2.45, 2.75) is 25.0 Å². The summed E-state index contributed by atoms with van der Waals surface area (Å²) < 4.78 is 0.145. The summed E-state index contributed by atoms with van der Waals surface area (Å²) >= 11 is 1.80. The van der Waals surface area contributed by atoms with Gasteiger partial charge in [0.1, 0.15) is 0 Å². The van der Waals surface area contributed by atoms with Crippen LogP contribution in [0.5, 0.6) is 0 Å². The van der Waals surface area contributed by atoms with Crippen molar-refractivity contribution in [3.8, 4) is 0 Å². The number of nitrogens with one attached hydrogen (secondary N) is 1. The van der Waals surface area contributed by atoms with Crippen molar-refractivity contribution >= 4 is 17.7 Å². The minimum absolute atomic E-state index is 0.145. The average molecular weight is 265 g/mol. The number of guanidine groups is 1. The monoisotopic (exact) mass is 265 g/mol. The number of hydrogen-bond donors (Lipinski definition) is 2. The lowest BCUT2D eigenvalue weighted by Crippen LogP contribution is -2.34. The molecule has 0 amide bonds. The second-order valence-corrected chi connectivity index (χ2v) is 6.34. The quantitative estimate of drug-likeness (QED) is 0.613. The molecule has 0 saturated carbocycles. The van der Waals surface area contributed by atoms with E-state index >= 15 is 0 Å². The van der Waals surface area contributed by atoms with Gasteiger partial charge in [-0.2, -0.15) is 11.8 Å². The highest BCUT2D eigenvalue weighted by Gasteiger charge is 2.14. The molecule has 3 nitrogen and oxygen atoms in total. The molecule has 0 aliphatic heterocycles. The van der Waals surface area contributed by atoms with Crippen LogP contribution in [0.3, 0.4) is 0 Å². The Labute approximate surface area is 114 Å². The maximum Gasteiger partial charge on any atom is 0.188 e. The molecule has 1 aromatic rings. The number of rotatable bonds is 6. The van der Waals surface area contributed by atoms with Gasteiger partial charge in [-0.1, -0.05) is 30.3 Å². The van der Waals surface area contributed by atoms with Gasteiger partial charge in [-0.3, -0.25) is 4.99 Å². The van der Waals surface area contributed by atoms with E-state index in [9.17, 15) is 0 Å². The second kappa shape index (κ2) is 7.31. The standard InChI is InChI=1S/C14H23N3S/c1-14(2,18-3)11-17-13(15)16-10-9-12-7-5-4-6-8-12/h4-8H,9-11H2,1-3H3,(H3,15,16,17). The van der Waals surface area contributed by atoms with Gasteiger partial charge in [0.15, 0.2) is 5.96 Å². The van der Waals surface area contributed by atoms with Gasteiger partial charge >= 0.3 is 0 Å². The predicted molar refractivity (Wildman–Crippen MR) is 82.2 cm³/mol. The van der Waals surface area contributed by atoms with E-state index in [0.717, 1.165) is 19.5 Å². The molecule has 0 aromatic heterocycles. The van der Waals surface area contributed by atoms with Crippen molar-refractivity contribution in [2.75, 3.05) is 19.3 Å². The molecular weight excluding hydrogens is 242 g/mol. The first-order valence-corrected chi connectivity index (χ1v) is 7.39. The van der Waals surface area contributed by atoms with Gasteiger partial charge in [0, 0.05) is 11.3 Å². The SMILES string of the molecule is CSC(C)(C)CN=C(N)NCCc1ccccc1. The molecule has 3 N–H and O–H groups in total. The van der Waals surface area contributed by atoms with Crippen LogP contribution >= 0.6 is 11.8 Å². The van der Waals surface area contributed by atoms with Gasteiger partial charge in [0.25, 0.3) is 0 Å². The van der Waals surface area contributed by atoms with Crippen LogP contribution in [0.2, 0.25) is 0 Å². The third kappa shape index (κ3) is 5.96. The van der Waals surface area contributed by atoms with E-state index in [1.807, 2.05) is 18.2 Å². The van der Waals surface area contributed by atoms with Crippen LogP contribution in [-0.2, 0) is 6.42 Å². The first kappa shape index (κ1) is 14.9. The maximum atomic E-state index is 5.83. The van der Waals surface area contributed by atoms with Crippen LogP contribution in [0.15, 0.2) is 35.3 Å². The summed E-state index contributed by atoms with van der Waals surface area (Å²) in [7, 11) is 0. The van der Waals surface area contributed by atoms with Gasteiger partial charge in [-0.05, 0) is 32.1 Å². The number of thioether (sulfide) groups is 1. The van der Waals surface area contributed by atoms with Crippen molar-refractivity contribution in [3.63, 3.8) is 0 Å². The summed E-state index contributed by atoms with van der Waals surface area (Å²) in [5, 5.41) is 3.15. The van der Waals surface area contributed by atoms with Gasteiger partial charge in [-0.15, -0.1) is 0 Å². The molecule has 18 heavy (non-hydrogen) atoms. The Balaban J connectivity index is 2.29. The predicted octanol–water partition coefficient (Wildman–Crippen LogP) is 2.27. The summed E-state index contributed by atoms with van der Waals surface area (Å²) in [4.78, 5) is 4.36. The molecule has 1 rings (SSSR count). The molecule has 0 atom stereocenters. The van der Waals surface area contributed by atoms with Crippen LogP contribution in [0.1, 0.15) is 19.4 Å². The molecule has 0 aliphatic carbocycles. The third-order valence-corrected chi connectivity index (χ3v) is 3.98. The first-order valence-electron chi connectivity index (χ1n) is 6.16. The Bertz CT molecular complexity index is 374. The van der Waals surface area contributed by atoms with Gasteiger partial charge < -0.3 is 11.1 Å². The highest BCUT2D eigenvalue weighted by molar-refractivity contribution is 7.99. The van der Waals surface area contributed by atoms with Crippen LogP contribution in [0, 0.1) is 0 Å². The molecule has 1 aromatic carbocycles. The maximum absolute atomic E-state index is 5.83. The minimum atomic E-state index is 0.145. The van der Waals surface area contributed by atoms with E-state index in [0.29, 0.717) is 5.96 Å². The van der Waals surface area contributed by atoms with Crippen molar-refractivity contribution in [3.05, 3.63) is 35.9 Å². The summed E-state index contributed by atoms with van der Waals surface area (Å²) in [5.74, 6) is 0.535. The summed E-state index contributed by atoms with van der Waals surface area (Å²) in [5.41, 5.74) is 7.14. The fourth-order valence-corrected chi connectivity index (χ4v) is 1.57. The van der Waals surface area contributed by atoms with Crippen molar-refractivity contribution in [1.29, 1.82) is 0 Å². The molecule has 0 heterocycles.